The number of para-hydroxylation sites is 1. The first-order chi connectivity index (χ1) is 12.6. The van der Waals surface area contributed by atoms with Crippen molar-refractivity contribution in [3.05, 3.63) is 52.2 Å². The summed E-state index contributed by atoms with van der Waals surface area (Å²) in [5, 5.41) is 9.75. The van der Waals surface area contributed by atoms with Gasteiger partial charge in [-0.2, -0.15) is 11.3 Å². The van der Waals surface area contributed by atoms with E-state index < -0.39 is 0 Å². The molecule has 0 radical (unpaired) electrons. The zero-order valence-corrected chi connectivity index (χ0v) is 15.8. The van der Waals surface area contributed by atoms with E-state index in [2.05, 4.69) is 10.6 Å². The maximum absolute atomic E-state index is 12.4. The van der Waals surface area contributed by atoms with Crippen molar-refractivity contribution >= 4 is 29.0 Å². The van der Waals surface area contributed by atoms with E-state index in [1.54, 1.807) is 0 Å². The quantitative estimate of drug-likeness (QED) is 0.830. The van der Waals surface area contributed by atoms with Crippen molar-refractivity contribution < 1.29 is 9.59 Å². The van der Waals surface area contributed by atoms with Gasteiger partial charge in [0.2, 0.25) is 0 Å². The second-order valence-electron chi connectivity index (χ2n) is 6.73. The van der Waals surface area contributed by atoms with Crippen molar-refractivity contribution in [1.29, 1.82) is 0 Å². The van der Waals surface area contributed by atoms with Gasteiger partial charge in [0.25, 0.3) is 5.91 Å². The number of hydrogen-bond acceptors (Lipinski definition) is 3. The van der Waals surface area contributed by atoms with Gasteiger partial charge in [-0.05, 0) is 55.2 Å². The van der Waals surface area contributed by atoms with E-state index in [4.69, 9.17) is 0 Å². The van der Waals surface area contributed by atoms with Gasteiger partial charge in [-0.3, -0.25) is 4.79 Å². The highest BCUT2D eigenvalue weighted by molar-refractivity contribution is 7.08. The molecule has 0 saturated carbocycles. The summed E-state index contributed by atoms with van der Waals surface area (Å²) in [7, 11) is 0. The van der Waals surface area contributed by atoms with Gasteiger partial charge in [0.15, 0.2) is 0 Å². The van der Waals surface area contributed by atoms with E-state index >= 15 is 0 Å². The predicted octanol–water partition coefficient (Wildman–Crippen LogP) is 4.12. The summed E-state index contributed by atoms with van der Waals surface area (Å²) in [5.41, 5.74) is 2.67. The van der Waals surface area contributed by atoms with E-state index in [0.717, 1.165) is 49.2 Å². The molecule has 1 aliphatic rings. The lowest BCUT2D eigenvalue weighted by molar-refractivity contribution is 0.0950. The Hall–Kier alpha value is -2.34. The first-order valence-electron chi connectivity index (χ1n) is 9.05. The van der Waals surface area contributed by atoms with Crippen molar-refractivity contribution in [2.45, 2.75) is 26.2 Å². The summed E-state index contributed by atoms with van der Waals surface area (Å²) in [6.07, 6.45) is 2.92. The standard InChI is InChI=1S/C20H25N3O2S/c1-15-4-2-3-5-18(15)22-20(25)23-11-7-16(8-12-23)6-10-21-19(24)17-9-13-26-14-17/h2-5,9,13-14,16H,6-8,10-12H2,1H3,(H,21,24)(H,22,25). The van der Waals surface area contributed by atoms with Crippen LogP contribution in [0.2, 0.25) is 0 Å². The van der Waals surface area contributed by atoms with Gasteiger partial charge in [-0.1, -0.05) is 18.2 Å². The van der Waals surface area contributed by atoms with Crippen LogP contribution >= 0.6 is 11.3 Å². The first-order valence-corrected chi connectivity index (χ1v) is 9.99. The average molecular weight is 372 g/mol. The number of rotatable bonds is 5. The number of likely N-dealkylation sites (tertiary alicyclic amines) is 1. The summed E-state index contributed by atoms with van der Waals surface area (Å²) in [6, 6.07) is 9.63. The monoisotopic (exact) mass is 371 g/mol. The van der Waals surface area contributed by atoms with E-state index in [-0.39, 0.29) is 11.9 Å². The minimum Gasteiger partial charge on any atom is -0.352 e. The maximum atomic E-state index is 12.4. The fourth-order valence-electron chi connectivity index (χ4n) is 3.22. The Bertz CT molecular complexity index is 737. The lowest BCUT2D eigenvalue weighted by atomic mass is 9.93. The lowest BCUT2D eigenvalue weighted by Gasteiger charge is -2.32. The van der Waals surface area contributed by atoms with Crippen LogP contribution in [0.25, 0.3) is 0 Å². The smallest absolute Gasteiger partial charge is 0.321 e. The number of hydrogen-bond donors (Lipinski definition) is 2. The number of aryl methyl sites for hydroxylation is 1. The molecule has 1 aromatic carbocycles. The van der Waals surface area contributed by atoms with Crippen molar-refractivity contribution in [2.75, 3.05) is 25.0 Å². The minimum atomic E-state index is -0.0245. The van der Waals surface area contributed by atoms with E-state index in [9.17, 15) is 9.59 Å². The zero-order valence-electron chi connectivity index (χ0n) is 15.0. The highest BCUT2D eigenvalue weighted by atomic mass is 32.1. The molecule has 2 aromatic rings. The fraction of sp³-hybridized carbons (Fsp3) is 0.400. The number of carbonyl (C=O) groups is 2. The van der Waals surface area contributed by atoms with Gasteiger partial charge in [0, 0.05) is 36.3 Å². The molecule has 5 nitrogen and oxygen atoms in total. The third-order valence-electron chi connectivity index (χ3n) is 4.91. The molecular formula is C20H25N3O2S. The zero-order chi connectivity index (χ0) is 18.4. The molecule has 0 unspecified atom stereocenters. The van der Waals surface area contributed by atoms with Crippen LogP contribution < -0.4 is 10.6 Å². The Morgan fingerprint density at radius 1 is 1.19 bits per heavy atom. The van der Waals surface area contributed by atoms with Gasteiger partial charge in [0.05, 0.1) is 0 Å². The second kappa shape index (κ2) is 8.85. The number of carbonyl (C=O) groups excluding carboxylic acids is 2. The summed E-state index contributed by atoms with van der Waals surface area (Å²) in [4.78, 5) is 26.2. The fourth-order valence-corrected chi connectivity index (χ4v) is 3.85. The Balaban J connectivity index is 1.38. The summed E-state index contributed by atoms with van der Waals surface area (Å²) >= 11 is 1.53. The molecular weight excluding hydrogens is 346 g/mol. The van der Waals surface area contributed by atoms with Gasteiger partial charge in [-0.25, -0.2) is 4.79 Å². The van der Waals surface area contributed by atoms with Crippen molar-refractivity contribution in [2.24, 2.45) is 5.92 Å². The number of amides is 3. The Morgan fingerprint density at radius 3 is 2.65 bits per heavy atom. The Kier molecular flexibility index (Phi) is 6.28. The maximum Gasteiger partial charge on any atom is 0.321 e. The number of urea groups is 1. The largest absolute Gasteiger partial charge is 0.352 e. The molecule has 0 spiro atoms. The molecule has 1 saturated heterocycles. The first kappa shape index (κ1) is 18.5. The number of thiophene rings is 1. The molecule has 26 heavy (non-hydrogen) atoms. The van der Waals surface area contributed by atoms with E-state index in [1.165, 1.54) is 11.3 Å². The third-order valence-corrected chi connectivity index (χ3v) is 5.59. The van der Waals surface area contributed by atoms with Crippen LogP contribution in [0.15, 0.2) is 41.1 Å². The van der Waals surface area contributed by atoms with Gasteiger partial charge in [0.1, 0.15) is 0 Å². The summed E-state index contributed by atoms with van der Waals surface area (Å²) in [5.74, 6) is 0.557. The molecule has 0 atom stereocenters. The predicted molar refractivity (Wildman–Crippen MR) is 106 cm³/mol. The van der Waals surface area contributed by atoms with Crippen molar-refractivity contribution in [3.8, 4) is 0 Å². The molecule has 138 valence electrons. The van der Waals surface area contributed by atoms with Gasteiger partial charge in [-0.15, -0.1) is 0 Å². The Labute approximate surface area is 158 Å². The van der Waals surface area contributed by atoms with Gasteiger partial charge >= 0.3 is 6.03 Å². The molecule has 2 heterocycles. The van der Waals surface area contributed by atoms with Crippen molar-refractivity contribution in [3.63, 3.8) is 0 Å². The molecule has 3 amide bonds. The number of anilines is 1. The highest BCUT2D eigenvalue weighted by Gasteiger charge is 2.23. The second-order valence-corrected chi connectivity index (χ2v) is 7.51. The van der Waals surface area contributed by atoms with Gasteiger partial charge < -0.3 is 15.5 Å². The molecule has 1 aliphatic heterocycles. The SMILES string of the molecule is Cc1ccccc1NC(=O)N1CCC(CCNC(=O)c2ccsc2)CC1. The molecule has 0 aliphatic carbocycles. The number of nitrogens with one attached hydrogen (secondary N) is 2. The van der Waals surface area contributed by atoms with E-state index in [0.29, 0.717) is 12.5 Å². The summed E-state index contributed by atoms with van der Waals surface area (Å²) in [6.45, 7) is 4.21. The van der Waals surface area contributed by atoms with Crippen LogP contribution in [-0.2, 0) is 0 Å². The van der Waals surface area contributed by atoms with Crippen LogP contribution in [0.4, 0.5) is 10.5 Å². The van der Waals surface area contributed by atoms with E-state index in [1.807, 2.05) is 52.9 Å². The lowest BCUT2D eigenvalue weighted by Crippen LogP contribution is -2.41. The minimum absolute atomic E-state index is 0.00120. The topological polar surface area (TPSA) is 61.4 Å². The average Bonchev–Trinajstić information content (AvgIpc) is 3.19. The molecule has 6 heteroatoms. The molecule has 0 bridgehead atoms. The number of benzene rings is 1. The molecule has 1 fully saturated rings. The van der Waals surface area contributed by atoms with Crippen LogP contribution in [-0.4, -0.2) is 36.5 Å². The molecule has 2 N–H and O–H groups in total. The number of nitrogens with zero attached hydrogens (tertiary/aromatic N) is 1. The third kappa shape index (κ3) is 4.85. The number of piperidine rings is 1. The van der Waals surface area contributed by atoms with Crippen LogP contribution in [0, 0.1) is 12.8 Å². The summed E-state index contributed by atoms with van der Waals surface area (Å²) < 4.78 is 0. The van der Waals surface area contributed by atoms with Crippen LogP contribution in [0.3, 0.4) is 0 Å². The van der Waals surface area contributed by atoms with Crippen molar-refractivity contribution in [1.82, 2.24) is 10.2 Å². The molecule has 1 aromatic heterocycles. The molecule has 3 rings (SSSR count). The van der Waals surface area contributed by atoms with Crippen LogP contribution in [0.5, 0.6) is 0 Å². The Morgan fingerprint density at radius 2 is 1.96 bits per heavy atom. The normalized spacial score (nSPS) is 14.9. The highest BCUT2D eigenvalue weighted by Crippen LogP contribution is 2.21. The van der Waals surface area contributed by atoms with Crippen LogP contribution in [0.1, 0.15) is 35.2 Å².